The molecule has 25 heavy (non-hydrogen) atoms. The number of nitrogens with one attached hydrogen (secondary N) is 1. The minimum Gasteiger partial charge on any atom is -0.333 e. The number of carbonyl (C=O) groups is 1. The Labute approximate surface area is 159 Å². The molecule has 2 rings (SSSR count). The highest BCUT2D eigenvalue weighted by atomic mass is 35.5. The van der Waals surface area contributed by atoms with Gasteiger partial charge >= 0.3 is 0 Å². The number of benzene rings is 2. The van der Waals surface area contributed by atoms with Gasteiger partial charge in [-0.1, -0.05) is 61.3 Å². The Kier molecular flexibility index (Phi) is 7.30. The molecule has 1 amide bonds. The molecule has 0 aliphatic heterocycles. The number of hydrogen-bond donors (Lipinski definition) is 2. The molecule has 1 atom stereocenters. The van der Waals surface area contributed by atoms with Gasteiger partial charge in [-0.2, -0.15) is 0 Å². The molecule has 0 spiro atoms. The Morgan fingerprint density at radius 1 is 1.08 bits per heavy atom. The third-order valence-corrected chi connectivity index (χ3v) is 4.57. The van der Waals surface area contributed by atoms with E-state index in [1.54, 1.807) is 18.2 Å². The maximum absolute atomic E-state index is 12.1. The lowest BCUT2D eigenvalue weighted by atomic mass is 10.00. The Bertz CT molecular complexity index is 714. The monoisotopic (exact) mass is 379 g/mol. The molecule has 0 aliphatic carbocycles. The standard InChI is InChI=1S/C20H24Cl2N2O/c1-13(2)10-15-4-6-16(7-5-15)14(3)23-12-20(25)24-19-11-17(21)8-9-18(19)22/h4-9,11,13-14,23H,10,12H2,1-3H3,(H,24,25)/p+1/t14-/m1/s1. The summed E-state index contributed by atoms with van der Waals surface area (Å²) in [7, 11) is 0. The maximum Gasteiger partial charge on any atom is 0.279 e. The first-order chi connectivity index (χ1) is 11.8. The molecule has 0 heterocycles. The minimum absolute atomic E-state index is 0.104. The highest BCUT2D eigenvalue weighted by molar-refractivity contribution is 6.35. The number of quaternary nitrogens is 1. The van der Waals surface area contributed by atoms with Crippen molar-refractivity contribution in [3.63, 3.8) is 0 Å². The maximum atomic E-state index is 12.1. The second kappa shape index (κ2) is 9.23. The number of anilines is 1. The molecular weight excluding hydrogens is 355 g/mol. The lowest BCUT2D eigenvalue weighted by Crippen LogP contribution is -2.86. The average Bonchev–Trinajstić information content (AvgIpc) is 2.56. The number of rotatable bonds is 7. The smallest absolute Gasteiger partial charge is 0.279 e. The predicted octanol–water partition coefficient (Wildman–Crippen LogP) is 4.46. The van der Waals surface area contributed by atoms with Crippen molar-refractivity contribution in [1.82, 2.24) is 0 Å². The Hall–Kier alpha value is -1.55. The van der Waals surface area contributed by atoms with Crippen molar-refractivity contribution in [3.05, 3.63) is 63.6 Å². The first-order valence-electron chi connectivity index (χ1n) is 8.52. The molecule has 0 saturated carbocycles. The second-order valence-corrected chi connectivity index (χ2v) is 7.58. The zero-order valence-corrected chi connectivity index (χ0v) is 16.4. The Balaban J connectivity index is 1.87. The van der Waals surface area contributed by atoms with E-state index in [1.807, 2.05) is 5.32 Å². The van der Waals surface area contributed by atoms with E-state index < -0.39 is 0 Å². The molecule has 0 unspecified atom stereocenters. The first kappa shape index (κ1) is 19.8. The van der Waals surface area contributed by atoms with Gasteiger partial charge in [0.1, 0.15) is 6.04 Å². The van der Waals surface area contributed by atoms with Crippen molar-refractivity contribution >= 4 is 34.8 Å². The van der Waals surface area contributed by atoms with Gasteiger partial charge in [-0.3, -0.25) is 4.79 Å². The van der Waals surface area contributed by atoms with Gasteiger partial charge < -0.3 is 10.6 Å². The molecule has 0 radical (unpaired) electrons. The van der Waals surface area contributed by atoms with Crippen LogP contribution in [0.25, 0.3) is 0 Å². The molecule has 0 saturated heterocycles. The van der Waals surface area contributed by atoms with Gasteiger partial charge in [-0.15, -0.1) is 0 Å². The van der Waals surface area contributed by atoms with Crippen LogP contribution in [-0.2, 0) is 11.2 Å². The van der Waals surface area contributed by atoms with Crippen LogP contribution >= 0.6 is 23.2 Å². The van der Waals surface area contributed by atoms with Crippen molar-refractivity contribution in [1.29, 1.82) is 0 Å². The molecular formula is C20H25Cl2N2O+. The average molecular weight is 380 g/mol. The summed E-state index contributed by atoms with van der Waals surface area (Å²) in [5, 5.41) is 5.83. The summed E-state index contributed by atoms with van der Waals surface area (Å²) in [5.74, 6) is 0.546. The molecule has 5 heteroatoms. The van der Waals surface area contributed by atoms with Crippen LogP contribution in [0.1, 0.15) is 37.9 Å². The fraction of sp³-hybridized carbons (Fsp3) is 0.350. The quantitative estimate of drug-likeness (QED) is 0.732. The molecule has 2 aromatic rings. The summed E-state index contributed by atoms with van der Waals surface area (Å²) in [6.07, 6.45) is 1.08. The Morgan fingerprint density at radius 3 is 2.40 bits per heavy atom. The van der Waals surface area contributed by atoms with Crippen LogP contribution in [0.4, 0.5) is 5.69 Å². The van der Waals surface area contributed by atoms with Crippen molar-refractivity contribution in [2.24, 2.45) is 5.92 Å². The van der Waals surface area contributed by atoms with Crippen LogP contribution < -0.4 is 10.6 Å². The third-order valence-electron chi connectivity index (χ3n) is 4.01. The Morgan fingerprint density at radius 2 is 1.76 bits per heavy atom. The minimum atomic E-state index is -0.104. The fourth-order valence-electron chi connectivity index (χ4n) is 2.64. The zero-order chi connectivity index (χ0) is 18.4. The van der Waals surface area contributed by atoms with Gasteiger partial charge in [-0.05, 0) is 43.0 Å². The summed E-state index contributed by atoms with van der Waals surface area (Å²) in [5.41, 5.74) is 3.10. The van der Waals surface area contributed by atoms with E-state index in [9.17, 15) is 4.79 Å². The normalized spacial score (nSPS) is 12.2. The highest BCUT2D eigenvalue weighted by Gasteiger charge is 2.13. The van der Waals surface area contributed by atoms with Crippen molar-refractivity contribution in [3.8, 4) is 0 Å². The lowest BCUT2D eigenvalue weighted by molar-refractivity contribution is -0.682. The summed E-state index contributed by atoms with van der Waals surface area (Å²) < 4.78 is 0. The van der Waals surface area contributed by atoms with Crippen molar-refractivity contribution < 1.29 is 10.1 Å². The van der Waals surface area contributed by atoms with Gasteiger partial charge in [0.25, 0.3) is 5.91 Å². The van der Waals surface area contributed by atoms with Gasteiger partial charge in [0.05, 0.1) is 10.7 Å². The topological polar surface area (TPSA) is 45.7 Å². The van der Waals surface area contributed by atoms with E-state index in [0.29, 0.717) is 28.2 Å². The third kappa shape index (κ3) is 6.35. The van der Waals surface area contributed by atoms with Gasteiger partial charge in [0.15, 0.2) is 6.54 Å². The van der Waals surface area contributed by atoms with Crippen LogP contribution in [0.2, 0.25) is 10.0 Å². The zero-order valence-electron chi connectivity index (χ0n) is 14.9. The van der Waals surface area contributed by atoms with Crippen LogP contribution in [0, 0.1) is 5.92 Å². The van der Waals surface area contributed by atoms with Gasteiger partial charge in [0.2, 0.25) is 0 Å². The van der Waals surface area contributed by atoms with Crippen molar-refractivity contribution in [2.75, 3.05) is 11.9 Å². The van der Waals surface area contributed by atoms with E-state index in [4.69, 9.17) is 23.2 Å². The van der Waals surface area contributed by atoms with Crippen molar-refractivity contribution in [2.45, 2.75) is 33.2 Å². The second-order valence-electron chi connectivity index (χ2n) is 6.74. The predicted molar refractivity (Wildman–Crippen MR) is 105 cm³/mol. The number of carbonyl (C=O) groups excluding carboxylic acids is 1. The van der Waals surface area contributed by atoms with E-state index in [-0.39, 0.29) is 11.9 Å². The molecule has 2 aromatic carbocycles. The first-order valence-corrected chi connectivity index (χ1v) is 9.28. The van der Waals surface area contributed by atoms with Gasteiger partial charge in [-0.25, -0.2) is 0 Å². The van der Waals surface area contributed by atoms with Crippen LogP contribution in [-0.4, -0.2) is 12.5 Å². The number of hydrogen-bond acceptors (Lipinski definition) is 1. The molecule has 0 aromatic heterocycles. The fourth-order valence-corrected chi connectivity index (χ4v) is 2.98. The molecule has 3 nitrogen and oxygen atoms in total. The number of nitrogens with two attached hydrogens (primary N) is 1. The summed E-state index contributed by atoms with van der Waals surface area (Å²) in [4.78, 5) is 12.1. The van der Waals surface area contributed by atoms with E-state index in [2.05, 4.69) is 50.4 Å². The molecule has 0 fully saturated rings. The molecule has 134 valence electrons. The van der Waals surface area contributed by atoms with Crippen LogP contribution in [0.15, 0.2) is 42.5 Å². The summed E-state index contributed by atoms with van der Waals surface area (Å²) in [6, 6.07) is 13.8. The van der Waals surface area contributed by atoms with Gasteiger partial charge in [0, 0.05) is 10.6 Å². The van der Waals surface area contributed by atoms with E-state index in [1.165, 1.54) is 11.1 Å². The number of amides is 1. The van der Waals surface area contributed by atoms with Crippen LogP contribution in [0.3, 0.4) is 0 Å². The molecule has 3 N–H and O–H groups in total. The summed E-state index contributed by atoms with van der Waals surface area (Å²) >= 11 is 12.0. The number of halogens is 2. The molecule has 0 aliphatic rings. The molecule has 0 bridgehead atoms. The lowest BCUT2D eigenvalue weighted by Gasteiger charge is -2.13. The van der Waals surface area contributed by atoms with E-state index >= 15 is 0 Å². The highest BCUT2D eigenvalue weighted by Crippen LogP contribution is 2.25. The largest absolute Gasteiger partial charge is 0.333 e. The van der Waals surface area contributed by atoms with E-state index in [0.717, 1.165) is 6.42 Å². The van der Waals surface area contributed by atoms with Crippen LogP contribution in [0.5, 0.6) is 0 Å². The summed E-state index contributed by atoms with van der Waals surface area (Å²) in [6.45, 7) is 6.85. The SMILES string of the molecule is CC(C)Cc1ccc([C@@H](C)[NH2+]CC(=O)Nc2cc(Cl)ccc2Cl)cc1.